The zero-order valence-corrected chi connectivity index (χ0v) is 26.7. The Hall–Kier alpha value is -5.28. The Balaban J connectivity index is 1.27. The van der Waals surface area contributed by atoms with E-state index in [1.165, 1.54) is 6.07 Å². The van der Waals surface area contributed by atoms with Gasteiger partial charge in [0.05, 0.1) is 6.54 Å². The summed E-state index contributed by atoms with van der Waals surface area (Å²) in [4.78, 5) is 40.6. The third kappa shape index (κ3) is 6.39. The van der Waals surface area contributed by atoms with Gasteiger partial charge in [0, 0.05) is 68.7 Å². The fourth-order valence-corrected chi connectivity index (χ4v) is 6.32. The van der Waals surface area contributed by atoms with Gasteiger partial charge in [-0.25, -0.2) is 14.4 Å². The van der Waals surface area contributed by atoms with Crippen molar-refractivity contribution in [1.82, 2.24) is 29.1 Å². The molecule has 1 atom stereocenters. The monoisotopic (exact) mass is 636 g/mol. The van der Waals surface area contributed by atoms with Gasteiger partial charge in [-0.1, -0.05) is 18.2 Å². The summed E-state index contributed by atoms with van der Waals surface area (Å²) < 4.78 is 23.3. The Morgan fingerprint density at radius 3 is 2.66 bits per heavy atom. The summed E-state index contributed by atoms with van der Waals surface area (Å²) >= 11 is 0. The molecule has 11 nitrogen and oxygen atoms in total. The maximum atomic E-state index is 15.7. The fraction of sp³-hybridized carbons (Fsp3) is 0.343. The van der Waals surface area contributed by atoms with E-state index in [1.807, 2.05) is 41.3 Å². The number of imidazole rings is 1. The highest BCUT2D eigenvalue weighted by molar-refractivity contribution is 5.97. The van der Waals surface area contributed by atoms with Gasteiger partial charge in [0.25, 0.3) is 5.91 Å². The van der Waals surface area contributed by atoms with Crippen molar-refractivity contribution in [2.24, 2.45) is 0 Å². The summed E-state index contributed by atoms with van der Waals surface area (Å²) in [5.74, 6) is 0.666. The number of para-hydroxylation sites is 1. The van der Waals surface area contributed by atoms with Crippen molar-refractivity contribution in [3.63, 3.8) is 0 Å². The predicted octanol–water partition coefficient (Wildman–Crippen LogP) is 4.62. The maximum absolute atomic E-state index is 15.7. The number of nitrogen functional groups attached to an aromatic ring is 1. The fourth-order valence-electron chi connectivity index (χ4n) is 6.32. The highest BCUT2D eigenvalue weighted by atomic mass is 19.1. The Kier molecular flexibility index (Phi) is 8.66. The minimum absolute atomic E-state index is 0.0000889. The Morgan fingerprint density at radius 2 is 1.94 bits per heavy atom. The lowest BCUT2D eigenvalue weighted by Crippen LogP contribution is -2.55. The Bertz CT molecular complexity index is 1900. The second-order valence-corrected chi connectivity index (χ2v) is 12.6. The van der Waals surface area contributed by atoms with Crippen LogP contribution in [-0.2, 0) is 9.59 Å². The van der Waals surface area contributed by atoms with Crippen LogP contribution in [0.5, 0.6) is 11.5 Å². The molecule has 12 heteroatoms. The number of hydrogen-bond donors (Lipinski definition) is 1. The lowest BCUT2D eigenvalue weighted by Gasteiger charge is -2.41. The lowest BCUT2D eigenvalue weighted by molar-refractivity contribution is -0.136. The number of piperazine rings is 1. The van der Waals surface area contributed by atoms with Gasteiger partial charge in [-0.2, -0.15) is 5.26 Å². The van der Waals surface area contributed by atoms with Crippen LogP contribution in [0.3, 0.4) is 0 Å². The van der Waals surface area contributed by atoms with Crippen LogP contribution in [0, 0.1) is 17.1 Å². The zero-order chi connectivity index (χ0) is 33.3. The quantitative estimate of drug-likeness (QED) is 0.230. The minimum Gasteiger partial charge on any atom is -0.457 e. The van der Waals surface area contributed by atoms with Gasteiger partial charge in [-0.3, -0.25) is 18.9 Å². The molecular formula is C35H37FN8O3. The van der Waals surface area contributed by atoms with Gasteiger partial charge in [0.1, 0.15) is 51.8 Å². The number of ether oxygens (including phenoxy) is 1. The van der Waals surface area contributed by atoms with Crippen molar-refractivity contribution in [3.05, 3.63) is 84.2 Å². The zero-order valence-electron chi connectivity index (χ0n) is 26.7. The molecular weight excluding hydrogens is 599 g/mol. The molecule has 2 N–H and O–H groups in total. The van der Waals surface area contributed by atoms with E-state index in [1.54, 1.807) is 59.6 Å². The number of rotatable bonds is 7. The lowest BCUT2D eigenvalue weighted by atomic mass is 9.94. The molecule has 2 amide bonds. The van der Waals surface area contributed by atoms with E-state index in [4.69, 9.17) is 15.5 Å². The number of amides is 2. The number of likely N-dealkylation sites (N-methyl/N-ethyl adjacent to an activating group) is 1. The molecule has 0 radical (unpaired) electrons. The number of likely N-dealkylation sites (tertiary alicyclic amines) is 1. The van der Waals surface area contributed by atoms with Crippen LogP contribution in [0.1, 0.15) is 38.4 Å². The van der Waals surface area contributed by atoms with Crippen LogP contribution in [0.4, 0.5) is 10.2 Å². The average Bonchev–Trinajstić information content (AvgIpc) is 3.46. The first kappa shape index (κ1) is 31.7. The second kappa shape index (κ2) is 12.8. The van der Waals surface area contributed by atoms with Crippen molar-refractivity contribution in [1.29, 1.82) is 5.26 Å². The Morgan fingerprint density at radius 1 is 1.15 bits per heavy atom. The van der Waals surface area contributed by atoms with E-state index in [-0.39, 0.29) is 41.2 Å². The van der Waals surface area contributed by atoms with E-state index in [0.717, 1.165) is 6.42 Å². The molecule has 4 aromatic rings. The Labute approximate surface area is 272 Å². The van der Waals surface area contributed by atoms with Crippen LogP contribution in [-0.4, -0.2) is 86.2 Å². The first-order valence-corrected chi connectivity index (χ1v) is 15.6. The van der Waals surface area contributed by atoms with Crippen LogP contribution in [0.15, 0.2) is 72.6 Å². The number of nitrogens with two attached hydrogens (primary N) is 1. The highest BCUT2D eigenvalue weighted by Crippen LogP contribution is 2.36. The molecule has 2 aromatic heterocycles. The van der Waals surface area contributed by atoms with Gasteiger partial charge >= 0.3 is 0 Å². The number of benzene rings is 2. The SMILES string of the molecule is CN1CCN(C(C)(C)C=C(C#N)C(=O)N2CCCC(c3nc(-c4ccc(Oc5ccccc5)cc4F)c4c(N)nccn34)C2)CC1=O. The number of nitriles is 1. The maximum Gasteiger partial charge on any atom is 0.264 e. The van der Waals surface area contributed by atoms with Crippen molar-refractivity contribution in [2.45, 2.75) is 38.1 Å². The van der Waals surface area contributed by atoms with Gasteiger partial charge in [0.2, 0.25) is 5.91 Å². The first-order valence-electron chi connectivity index (χ1n) is 15.6. The van der Waals surface area contributed by atoms with Crippen molar-refractivity contribution < 1.29 is 18.7 Å². The van der Waals surface area contributed by atoms with Crippen LogP contribution in [0.25, 0.3) is 16.8 Å². The smallest absolute Gasteiger partial charge is 0.264 e. The largest absolute Gasteiger partial charge is 0.457 e. The van der Waals surface area contributed by atoms with Crippen LogP contribution < -0.4 is 10.5 Å². The molecule has 2 aromatic carbocycles. The van der Waals surface area contributed by atoms with E-state index < -0.39 is 11.4 Å². The third-order valence-electron chi connectivity index (χ3n) is 8.98. The van der Waals surface area contributed by atoms with Gasteiger partial charge in [0.15, 0.2) is 0 Å². The second-order valence-electron chi connectivity index (χ2n) is 12.6. The van der Waals surface area contributed by atoms with Gasteiger partial charge < -0.3 is 20.3 Å². The topological polar surface area (TPSA) is 133 Å². The average molecular weight is 637 g/mol. The molecule has 4 heterocycles. The summed E-state index contributed by atoms with van der Waals surface area (Å²) in [5.41, 5.74) is 6.75. The summed E-state index contributed by atoms with van der Waals surface area (Å²) in [7, 11) is 1.77. The highest BCUT2D eigenvalue weighted by Gasteiger charge is 2.35. The number of halogens is 1. The van der Waals surface area contributed by atoms with Crippen LogP contribution in [0.2, 0.25) is 0 Å². The van der Waals surface area contributed by atoms with Gasteiger partial charge in [-0.15, -0.1) is 0 Å². The van der Waals surface area contributed by atoms with Crippen molar-refractivity contribution >= 4 is 23.1 Å². The van der Waals surface area contributed by atoms with Crippen molar-refractivity contribution in [2.75, 3.05) is 45.5 Å². The van der Waals surface area contributed by atoms with E-state index >= 15 is 4.39 Å². The third-order valence-corrected chi connectivity index (χ3v) is 8.98. The molecule has 6 rings (SSSR count). The summed E-state index contributed by atoms with van der Waals surface area (Å²) in [6.07, 6.45) is 6.40. The number of carbonyl (C=O) groups excluding carboxylic acids is 2. The van der Waals surface area contributed by atoms with E-state index in [2.05, 4.69) is 11.1 Å². The molecule has 2 aliphatic rings. The molecule has 0 aliphatic carbocycles. The molecule has 2 saturated heterocycles. The summed E-state index contributed by atoms with van der Waals surface area (Å²) in [5, 5.41) is 10.1. The molecule has 1 unspecified atom stereocenters. The number of nitrogens with zero attached hydrogens (tertiary/aromatic N) is 7. The molecule has 0 bridgehead atoms. The van der Waals surface area contributed by atoms with Gasteiger partial charge in [-0.05, 0) is 57.0 Å². The molecule has 2 fully saturated rings. The predicted molar refractivity (Wildman–Crippen MR) is 175 cm³/mol. The molecule has 47 heavy (non-hydrogen) atoms. The normalized spacial score (nSPS) is 18.0. The number of anilines is 1. The molecule has 2 aliphatic heterocycles. The molecule has 0 spiro atoms. The minimum atomic E-state index is -0.683. The number of hydrogen-bond acceptors (Lipinski definition) is 8. The van der Waals surface area contributed by atoms with Crippen molar-refractivity contribution in [3.8, 4) is 28.8 Å². The number of fused-ring (bicyclic) bond motifs is 1. The summed E-state index contributed by atoms with van der Waals surface area (Å²) in [6.45, 7) is 6.06. The molecule has 242 valence electrons. The standard InChI is InChI=1S/C35H37FN8O3/c1-35(2,43-17-16-41(3)29(45)22-43)19-24(20-37)34(46)42-14-7-8-23(21-42)33-40-30(31-32(38)39-13-15-44(31)33)27-12-11-26(18-28(27)36)47-25-9-5-4-6-10-25/h4-6,9-13,15,18-19,23H,7-8,14,16-17,21-22H2,1-3H3,(H2,38,39). The number of aromatic nitrogens is 3. The number of piperidine rings is 1. The van der Waals surface area contributed by atoms with Crippen LogP contribution >= 0.6 is 0 Å². The van der Waals surface area contributed by atoms with E-state index in [9.17, 15) is 14.9 Å². The summed E-state index contributed by atoms with van der Waals surface area (Å²) in [6, 6.07) is 15.8. The first-order chi connectivity index (χ1) is 22.6. The molecule has 0 saturated carbocycles. The van der Waals surface area contributed by atoms with E-state index in [0.29, 0.717) is 61.1 Å². The number of carbonyl (C=O) groups is 2.